The summed E-state index contributed by atoms with van der Waals surface area (Å²) >= 11 is 6.11. The molecule has 2 atom stereocenters. The molecule has 5 heteroatoms. The molecule has 0 saturated heterocycles. The van der Waals surface area contributed by atoms with Crippen LogP contribution in [-0.2, 0) is 17.7 Å². The zero-order chi connectivity index (χ0) is 22.2. The normalized spacial score (nSPS) is 13.1. The van der Waals surface area contributed by atoms with Crippen molar-refractivity contribution >= 4 is 17.6 Å². The molecule has 162 valence electrons. The smallest absolute Gasteiger partial charge is 0.337 e. The lowest BCUT2D eigenvalue weighted by Gasteiger charge is -2.31. The molecule has 0 saturated carbocycles. The van der Waals surface area contributed by atoms with E-state index in [1.807, 2.05) is 48.5 Å². The molecule has 0 spiro atoms. The molecule has 0 aliphatic rings. The molecule has 0 radical (unpaired) electrons. The van der Waals surface area contributed by atoms with Crippen molar-refractivity contribution in [1.82, 2.24) is 4.90 Å². The van der Waals surface area contributed by atoms with Gasteiger partial charge in [-0.15, -0.1) is 0 Å². The Morgan fingerprint density at radius 1 is 1.00 bits per heavy atom. The first kappa shape index (κ1) is 23.0. The summed E-state index contributed by atoms with van der Waals surface area (Å²) in [6.07, 6.45) is 0.142. The molecule has 0 aliphatic carbocycles. The van der Waals surface area contributed by atoms with Crippen molar-refractivity contribution in [1.29, 1.82) is 0 Å². The average molecular weight is 438 g/mol. The summed E-state index contributed by atoms with van der Waals surface area (Å²) in [5.74, 6) is -0.338. The maximum atomic E-state index is 11.7. The fourth-order valence-corrected chi connectivity index (χ4v) is 3.82. The van der Waals surface area contributed by atoms with Crippen molar-refractivity contribution in [3.63, 3.8) is 0 Å². The van der Waals surface area contributed by atoms with Gasteiger partial charge in [0.05, 0.1) is 18.8 Å². The minimum atomic E-state index is -0.647. The molecule has 0 amide bonds. The van der Waals surface area contributed by atoms with Crippen LogP contribution in [0, 0.1) is 0 Å². The largest absolute Gasteiger partial charge is 0.465 e. The summed E-state index contributed by atoms with van der Waals surface area (Å²) in [4.78, 5) is 13.9. The van der Waals surface area contributed by atoms with Crippen LogP contribution < -0.4 is 0 Å². The quantitative estimate of drug-likeness (QED) is 0.462. The first-order valence-electron chi connectivity index (χ1n) is 10.3. The van der Waals surface area contributed by atoms with Crippen LogP contribution in [0.2, 0.25) is 5.02 Å². The lowest BCUT2D eigenvalue weighted by molar-refractivity contribution is 0.0600. The number of ether oxygens (including phenoxy) is 1. The predicted molar refractivity (Wildman–Crippen MR) is 124 cm³/mol. The number of halogens is 1. The van der Waals surface area contributed by atoms with Crippen molar-refractivity contribution in [2.24, 2.45) is 0 Å². The molecule has 3 aromatic rings. The summed E-state index contributed by atoms with van der Waals surface area (Å²) in [5.41, 5.74) is 3.65. The maximum Gasteiger partial charge on any atom is 0.337 e. The molecule has 0 heterocycles. The average Bonchev–Trinajstić information content (AvgIpc) is 2.79. The third kappa shape index (κ3) is 6.66. The minimum Gasteiger partial charge on any atom is -0.465 e. The fourth-order valence-electron chi connectivity index (χ4n) is 3.62. The van der Waals surface area contributed by atoms with E-state index in [9.17, 15) is 9.90 Å². The van der Waals surface area contributed by atoms with Crippen LogP contribution >= 0.6 is 11.6 Å². The van der Waals surface area contributed by atoms with Crippen molar-refractivity contribution < 1.29 is 14.6 Å². The number of methoxy groups -OCH3 is 1. The number of nitrogens with zero attached hydrogens (tertiary/aromatic N) is 1. The Kier molecular flexibility index (Phi) is 8.24. The van der Waals surface area contributed by atoms with Gasteiger partial charge in [0.25, 0.3) is 0 Å². The van der Waals surface area contributed by atoms with Crippen LogP contribution in [0.15, 0.2) is 78.9 Å². The number of carbonyl (C=O) groups is 1. The number of carbonyl (C=O) groups excluding carboxylic acids is 1. The predicted octanol–water partition coefficient (Wildman–Crippen LogP) is 5.29. The standard InChI is InChI=1S/C26H28ClNO3/c1-19(15-20-11-13-22(14-12-20)26(30)31-2)28(17-21-7-4-3-5-8-21)18-25(29)23-9-6-10-24(27)16-23/h3-14,16,19,25,29H,15,17-18H2,1-2H3. The molecular formula is C26H28ClNO3. The van der Waals surface area contributed by atoms with Gasteiger partial charge in [-0.05, 0) is 54.3 Å². The molecule has 0 aliphatic heterocycles. The van der Waals surface area contributed by atoms with Crippen LogP contribution in [0.4, 0.5) is 0 Å². The van der Waals surface area contributed by atoms with Gasteiger partial charge in [-0.2, -0.15) is 0 Å². The van der Waals surface area contributed by atoms with E-state index in [1.165, 1.54) is 12.7 Å². The molecule has 31 heavy (non-hydrogen) atoms. The van der Waals surface area contributed by atoms with E-state index >= 15 is 0 Å². The Bertz CT molecular complexity index is 975. The van der Waals surface area contributed by atoms with Gasteiger partial charge in [-0.1, -0.05) is 66.2 Å². The number of aliphatic hydroxyl groups is 1. The van der Waals surface area contributed by atoms with Crippen molar-refractivity contribution in [2.75, 3.05) is 13.7 Å². The number of hydrogen-bond acceptors (Lipinski definition) is 4. The lowest BCUT2D eigenvalue weighted by atomic mass is 10.0. The monoisotopic (exact) mass is 437 g/mol. The van der Waals surface area contributed by atoms with Gasteiger partial charge in [-0.25, -0.2) is 4.79 Å². The maximum absolute atomic E-state index is 11.7. The summed E-state index contributed by atoms with van der Waals surface area (Å²) in [6, 6.07) is 25.3. The summed E-state index contributed by atoms with van der Waals surface area (Å²) < 4.78 is 4.77. The number of esters is 1. The Morgan fingerprint density at radius 2 is 1.71 bits per heavy atom. The number of hydrogen-bond donors (Lipinski definition) is 1. The molecule has 0 aromatic heterocycles. The van der Waals surface area contributed by atoms with Crippen LogP contribution in [0.1, 0.15) is 40.1 Å². The number of rotatable bonds is 9. The van der Waals surface area contributed by atoms with E-state index in [4.69, 9.17) is 16.3 Å². The zero-order valence-corrected chi connectivity index (χ0v) is 18.6. The van der Waals surface area contributed by atoms with E-state index in [2.05, 4.69) is 24.0 Å². The van der Waals surface area contributed by atoms with Crippen LogP contribution in [-0.4, -0.2) is 35.7 Å². The Labute approximate surface area is 189 Å². The molecular weight excluding hydrogens is 410 g/mol. The Hall–Kier alpha value is -2.66. The van der Waals surface area contributed by atoms with Crippen LogP contribution in [0.25, 0.3) is 0 Å². The number of aliphatic hydroxyl groups excluding tert-OH is 1. The van der Waals surface area contributed by atoms with Gasteiger partial charge in [0, 0.05) is 24.2 Å². The fraction of sp³-hybridized carbons (Fsp3) is 0.269. The van der Waals surface area contributed by atoms with Gasteiger partial charge in [0.2, 0.25) is 0 Å². The van der Waals surface area contributed by atoms with Crippen LogP contribution in [0.5, 0.6) is 0 Å². The molecule has 3 aromatic carbocycles. The summed E-state index contributed by atoms with van der Waals surface area (Å²) in [7, 11) is 1.38. The molecule has 0 bridgehead atoms. The molecule has 0 fully saturated rings. The lowest BCUT2D eigenvalue weighted by Crippen LogP contribution is -2.37. The van der Waals surface area contributed by atoms with Gasteiger partial charge < -0.3 is 9.84 Å². The first-order chi connectivity index (χ1) is 15.0. The van der Waals surface area contributed by atoms with E-state index in [0.29, 0.717) is 17.1 Å². The highest BCUT2D eigenvalue weighted by molar-refractivity contribution is 6.30. The van der Waals surface area contributed by atoms with Crippen molar-refractivity contribution in [2.45, 2.75) is 32.0 Å². The van der Waals surface area contributed by atoms with E-state index in [1.54, 1.807) is 18.2 Å². The van der Waals surface area contributed by atoms with Gasteiger partial charge in [-0.3, -0.25) is 4.90 Å². The molecule has 4 nitrogen and oxygen atoms in total. The summed E-state index contributed by atoms with van der Waals surface area (Å²) in [6.45, 7) is 3.36. The first-order valence-corrected chi connectivity index (χ1v) is 10.7. The molecule has 3 rings (SSSR count). The second-order valence-electron chi connectivity index (χ2n) is 7.73. The zero-order valence-electron chi connectivity index (χ0n) is 17.9. The number of benzene rings is 3. The highest BCUT2D eigenvalue weighted by Gasteiger charge is 2.20. The molecule has 2 unspecified atom stereocenters. The van der Waals surface area contributed by atoms with Crippen molar-refractivity contribution in [3.05, 3.63) is 106 Å². The SMILES string of the molecule is COC(=O)c1ccc(CC(C)N(Cc2ccccc2)CC(O)c2cccc(Cl)c2)cc1. The van der Waals surface area contributed by atoms with Gasteiger partial charge >= 0.3 is 5.97 Å². The second kappa shape index (κ2) is 11.1. The minimum absolute atomic E-state index is 0.165. The van der Waals surface area contributed by atoms with Gasteiger partial charge in [0.1, 0.15) is 0 Å². The third-order valence-corrected chi connectivity index (χ3v) is 5.63. The Morgan fingerprint density at radius 3 is 2.35 bits per heavy atom. The molecule has 1 N–H and O–H groups in total. The highest BCUT2D eigenvalue weighted by Crippen LogP contribution is 2.22. The third-order valence-electron chi connectivity index (χ3n) is 5.40. The van der Waals surface area contributed by atoms with Gasteiger partial charge in [0.15, 0.2) is 0 Å². The topological polar surface area (TPSA) is 49.8 Å². The van der Waals surface area contributed by atoms with E-state index in [-0.39, 0.29) is 12.0 Å². The second-order valence-corrected chi connectivity index (χ2v) is 8.16. The summed E-state index contributed by atoms with van der Waals surface area (Å²) in [5, 5.41) is 11.5. The van der Waals surface area contributed by atoms with E-state index < -0.39 is 6.10 Å². The van der Waals surface area contributed by atoms with Crippen LogP contribution in [0.3, 0.4) is 0 Å². The Balaban J connectivity index is 1.75. The van der Waals surface area contributed by atoms with E-state index in [0.717, 1.165) is 24.1 Å². The van der Waals surface area contributed by atoms with Crippen molar-refractivity contribution in [3.8, 4) is 0 Å². The highest BCUT2D eigenvalue weighted by atomic mass is 35.5.